The van der Waals surface area contributed by atoms with Crippen molar-refractivity contribution in [3.05, 3.63) is 64.2 Å². The van der Waals surface area contributed by atoms with Crippen molar-refractivity contribution in [1.29, 1.82) is 0 Å². The standard InChI is InChI=1S/C24H30ClF3N2O3S/c1-4-6-7-17(5-2)15-29-23(31)19-10-8-18(9-11-19)16-30(34(3,32)33)22-14-20(24(26,27)28)12-13-21(22)25/h8-14,17H,4-7,15-16H2,1-3H3,(H,29,31)/t17-/m0/s1. The Hall–Kier alpha value is -2.26. The number of anilines is 1. The van der Waals surface area contributed by atoms with Crippen molar-refractivity contribution < 1.29 is 26.4 Å². The van der Waals surface area contributed by atoms with Gasteiger partial charge in [-0.2, -0.15) is 13.2 Å². The summed E-state index contributed by atoms with van der Waals surface area (Å²) in [4.78, 5) is 12.5. The highest BCUT2D eigenvalue weighted by atomic mass is 35.5. The molecular formula is C24H30ClF3N2O3S. The fourth-order valence-corrected chi connectivity index (χ4v) is 4.63. The van der Waals surface area contributed by atoms with E-state index in [4.69, 9.17) is 11.6 Å². The maximum atomic E-state index is 13.2. The van der Waals surface area contributed by atoms with Crippen LogP contribution in [0, 0.1) is 5.92 Å². The number of nitrogens with one attached hydrogen (secondary N) is 1. The number of rotatable bonds is 11. The molecule has 0 fully saturated rings. The number of halogens is 4. The van der Waals surface area contributed by atoms with Gasteiger partial charge in [-0.05, 0) is 48.2 Å². The van der Waals surface area contributed by atoms with Crippen molar-refractivity contribution in [3.8, 4) is 0 Å². The number of nitrogens with zero attached hydrogens (tertiary/aromatic N) is 1. The quantitative estimate of drug-likeness (QED) is 0.381. The number of carbonyl (C=O) groups is 1. The molecule has 0 aliphatic rings. The second-order valence-electron chi connectivity index (χ2n) is 8.26. The molecule has 0 saturated carbocycles. The average Bonchev–Trinajstić information content (AvgIpc) is 2.77. The molecule has 0 aliphatic carbocycles. The number of amides is 1. The van der Waals surface area contributed by atoms with Gasteiger partial charge in [0.05, 0.1) is 29.1 Å². The summed E-state index contributed by atoms with van der Waals surface area (Å²) in [5.41, 5.74) is -0.364. The minimum atomic E-state index is -4.65. The third kappa shape index (κ3) is 7.91. The van der Waals surface area contributed by atoms with E-state index in [0.717, 1.165) is 48.4 Å². The van der Waals surface area contributed by atoms with E-state index < -0.39 is 21.8 Å². The van der Waals surface area contributed by atoms with Crippen LogP contribution in [0.25, 0.3) is 0 Å². The van der Waals surface area contributed by atoms with Gasteiger partial charge in [-0.3, -0.25) is 9.10 Å². The molecule has 34 heavy (non-hydrogen) atoms. The van der Waals surface area contributed by atoms with E-state index in [1.54, 1.807) is 24.3 Å². The predicted molar refractivity (Wildman–Crippen MR) is 130 cm³/mol. The van der Waals surface area contributed by atoms with Crippen LogP contribution < -0.4 is 9.62 Å². The highest BCUT2D eigenvalue weighted by Crippen LogP contribution is 2.36. The van der Waals surface area contributed by atoms with Gasteiger partial charge in [0, 0.05) is 12.1 Å². The number of carbonyl (C=O) groups excluding carboxylic acids is 1. The molecule has 5 nitrogen and oxygen atoms in total. The van der Waals surface area contributed by atoms with E-state index in [9.17, 15) is 26.4 Å². The Balaban J connectivity index is 2.19. The number of hydrogen-bond donors (Lipinski definition) is 1. The van der Waals surface area contributed by atoms with Gasteiger partial charge in [-0.25, -0.2) is 8.42 Å². The van der Waals surface area contributed by atoms with Crippen molar-refractivity contribution in [2.75, 3.05) is 17.1 Å². The number of sulfonamides is 1. The smallest absolute Gasteiger partial charge is 0.352 e. The molecule has 0 aliphatic heterocycles. The molecule has 0 bridgehead atoms. The summed E-state index contributed by atoms with van der Waals surface area (Å²) < 4.78 is 65.1. The lowest BCUT2D eigenvalue weighted by Crippen LogP contribution is -2.30. The Labute approximate surface area is 204 Å². The molecule has 0 spiro atoms. The lowest BCUT2D eigenvalue weighted by Gasteiger charge is -2.24. The van der Waals surface area contributed by atoms with Crippen LogP contribution >= 0.6 is 11.6 Å². The third-order valence-corrected chi connectivity index (χ3v) is 7.03. The maximum Gasteiger partial charge on any atom is 0.416 e. The highest BCUT2D eigenvalue weighted by Gasteiger charge is 2.32. The minimum Gasteiger partial charge on any atom is -0.352 e. The second-order valence-corrected chi connectivity index (χ2v) is 10.6. The zero-order valence-corrected chi connectivity index (χ0v) is 21.0. The number of unbranched alkanes of at least 4 members (excludes halogenated alkanes) is 1. The highest BCUT2D eigenvalue weighted by molar-refractivity contribution is 7.92. The first kappa shape index (κ1) is 28.0. The molecule has 1 atom stereocenters. The van der Waals surface area contributed by atoms with E-state index in [0.29, 0.717) is 29.7 Å². The molecule has 0 radical (unpaired) electrons. The van der Waals surface area contributed by atoms with E-state index in [1.807, 2.05) is 0 Å². The van der Waals surface area contributed by atoms with E-state index >= 15 is 0 Å². The predicted octanol–water partition coefficient (Wildman–Crippen LogP) is 6.27. The molecule has 10 heteroatoms. The van der Waals surface area contributed by atoms with Gasteiger partial charge in [-0.15, -0.1) is 0 Å². The fraction of sp³-hybridized carbons (Fsp3) is 0.458. The largest absolute Gasteiger partial charge is 0.416 e. The Morgan fingerprint density at radius 2 is 1.76 bits per heavy atom. The summed E-state index contributed by atoms with van der Waals surface area (Å²) in [7, 11) is -3.95. The molecule has 1 N–H and O–H groups in total. The van der Waals surface area contributed by atoms with Crippen molar-refractivity contribution in [3.63, 3.8) is 0 Å². The summed E-state index contributed by atoms with van der Waals surface area (Å²) in [5, 5.41) is 2.81. The van der Waals surface area contributed by atoms with Crippen LogP contribution in [-0.4, -0.2) is 27.1 Å². The first-order chi connectivity index (χ1) is 15.9. The van der Waals surface area contributed by atoms with Gasteiger partial charge in [0.15, 0.2) is 0 Å². The first-order valence-corrected chi connectivity index (χ1v) is 13.3. The molecule has 2 aromatic rings. The molecule has 2 rings (SSSR count). The zero-order chi connectivity index (χ0) is 25.5. The van der Waals surface area contributed by atoms with Gasteiger partial charge >= 0.3 is 6.18 Å². The zero-order valence-electron chi connectivity index (χ0n) is 19.5. The summed E-state index contributed by atoms with van der Waals surface area (Å²) in [6.07, 6.45) is 0.473. The summed E-state index contributed by atoms with van der Waals surface area (Å²) in [6, 6.07) is 8.80. The summed E-state index contributed by atoms with van der Waals surface area (Å²) >= 11 is 6.06. The molecule has 2 aromatic carbocycles. The Morgan fingerprint density at radius 1 is 1.12 bits per heavy atom. The van der Waals surface area contributed by atoms with Crippen LogP contribution in [0.15, 0.2) is 42.5 Å². The SMILES string of the molecule is CCCC[C@H](CC)CNC(=O)c1ccc(CN(c2cc(C(F)(F)F)ccc2Cl)S(C)(=O)=O)cc1. The van der Waals surface area contributed by atoms with Gasteiger partial charge < -0.3 is 5.32 Å². The van der Waals surface area contributed by atoms with Gasteiger partial charge in [0.25, 0.3) is 5.91 Å². The summed E-state index contributed by atoms with van der Waals surface area (Å²) in [6.45, 7) is 4.55. The minimum absolute atomic E-state index is 0.122. The van der Waals surface area contributed by atoms with Crippen molar-refractivity contribution in [2.24, 2.45) is 5.92 Å². The fourth-order valence-electron chi connectivity index (χ4n) is 3.47. The van der Waals surface area contributed by atoms with Crippen molar-refractivity contribution in [2.45, 2.75) is 52.3 Å². The van der Waals surface area contributed by atoms with Crippen LogP contribution in [0.2, 0.25) is 5.02 Å². The van der Waals surface area contributed by atoms with E-state index in [2.05, 4.69) is 19.2 Å². The maximum absolute atomic E-state index is 13.2. The number of hydrogen-bond acceptors (Lipinski definition) is 3. The lowest BCUT2D eigenvalue weighted by molar-refractivity contribution is -0.137. The van der Waals surface area contributed by atoms with Crippen LogP contribution in [0.4, 0.5) is 18.9 Å². The van der Waals surface area contributed by atoms with Crippen molar-refractivity contribution >= 4 is 33.2 Å². The van der Waals surface area contributed by atoms with E-state index in [1.165, 1.54) is 0 Å². The molecule has 1 amide bonds. The lowest BCUT2D eigenvalue weighted by atomic mass is 9.99. The monoisotopic (exact) mass is 518 g/mol. The molecular weight excluding hydrogens is 489 g/mol. The average molecular weight is 519 g/mol. The van der Waals surface area contributed by atoms with Gasteiger partial charge in [0.2, 0.25) is 10.0 Å². The summed E-state index contributed by atoms with van der Waals surface area (Å²) in [5.74, 6) is 0.172. The molecule has 0 heterocycles. The molecule has 188 valence electrons. The normalized spacial score (nSPS) is 12.9. The first-order valence-electron chi connectivity index (χ1n) is 11.1. The molecule has 0 aromatic heterocycles. The third-order valence-electron chi connectivity index (χ3n) is 5.58. The Bertz CT molecular complexity index is 1070. The number of alkyl halides is 3. The van der Waals surface area contributed by atoms with Crippen LogP contribution in [-0.2, 0) is 22.7 Å². The molecule has 0 unspecified atom stereocenters. The van der Waals surface area contributed by atoms with Crippen molar-refractivity contribution in [1.82, 2.24) is 5.32 Å². The van der Waals surface area contributed by atoms with Gasteiger partial charge in [0.1, 0.15) is 0 Å². The topological polar surface area (TPSA) is 66.5 Å². The Kier molecular flexibility index (Phi) is 9.82. The second kappa shape index (κ2) is 11.9. The van der Waals surface area contributed by atoms with Crippen LogP contribution in [0.5, 0.6) is 0 Å². The van der Waals surface area contributed by atoms with E-state index in [-0.39, 0.29) is 23.2 Å². The Morgan fingerprint density at radius 3 is 2.29 bits per heavy atom. The van der Waals surface area contributed by atoms with Crippen LogP contribution in [0.1, 0.15) is 61.0 Å². The molecule has 0 saturated heterocycles. The van der Waals surface area contributed by atoms with Crippen LogP contribution in [0.3, 0.4) is 0 Å². The number of benzene rings is 2. The van der Waals surface area contributed by atoms with Gasteiger partial charge in [-0.1, -0.05) is 56.8 Å².